The van der Waals surface area contributed by atoms with E-state index in [4.69, 9.17) is 11.6 Å². The molecule has 1 rings (SSSR count). The highest BCUT2D eigenvalue weighted by Crippen LogP contribution is 2.22. The van der Waals surface area contributed by atoms with Crippen molar-refractivity contribution in [3.8, 4) is 0 Å². The molecule has 0 amide bonds. The number of alkyl halides is 1. The number of benzene rings is 1. The van der Waals surface area contributed by atoms with Gasteiger partial charge in [0, 0.05) is 10.8 Å². The Bertz CT molecular complexity index is 291. The molecular weight excluding hydrogens is 231 g/mol. The standard InChI is InChI=1S/C12H16ClFS/c1-10(5-7-13)6-8-15-12-4-2-3-11(14)9-12/h2-4,9-10H,5-8H2,1H3. The first-order valence-corrected chi connectivity index (χ1v) is 6.68. The van der Waals surface area contributed by atoms with Crippen molar-refractivity contribution in [2.45, 2.75) is 24.7 Å². The number of thioether (sulfide) groups is 1. The van der Waals surface area contributed by atoms with Crippen molar-refractivity contribution in [1.29, 1.82) is 0 Å². The molecule has 3 heteroatoms. The van der Waals surface area contributed by atoms with Crippen molar-refractivity contribution in [3.63, 3.8) is 0 Å². The molecule has 0 aliphatic heterocycles. The lowest BCUT2D eigenvalue weighted by Gasteiger charge is -2.08. The van der Waals surface area contributed by atoms with Crippen LogP contribution in [0.15, 0.2) is 29.2 Å². The monoisotopic (exact) mass is 246 g/mol. The molecule has 84 valence electrons. The van der Waals surface area contributed by atoms with Crippen LogP contribution >= 0.6 is 23.4 Å². The fourth-order valence-electron chi connectivity index (χ4n) is 1.27. The predicted octanol–water partition coefficient (Wildman–Crippen LogP) is 4.57. The average Bonchev–Trinajstić information content (AvgIpc) is 2.18. The van der Waals surface area contributed by atoms with Gasteiger partial charge in [0.15, 0.2) is 0 Å². The molecule has 0 N–H and O–H groups in total. The van der Waals surface area contributed by atoms with Crippen molar-refractivity contribution in [2.75, 3.05) is 11.6 Å². The van der Waals surface area contributed by atoms with Crippen LogP contribution in [0.3, 0.4) is 0 Å². The summed E-state index contributed by atoms with van der Waals surface area (Å²) in [6.07, 6.45) is 2.19. The van der Waals surface area contributed by atoms with Gasteiger partial charge in [-0.05, 0) is 42.7 Å². The molecule has 1 aromatic carbocycles. The van der Waals surface area contributed by atoms with Gasteiger partial charge in [-0.15, -0.1) is 23.4 Å². The van der Waals surface area contributed by atoms with Gasteiger partial charge in [-0.3, -0.25) is 0 Å². The average molecular weight is 247 g/mol. The Kier molecular flexibility index (Phi) is 6.11. The van der Waals surface area contributed by atoms with E-state index in [0.29, 0.717) is 5.92 Å². The Morgan fingerprint density at radius 1 is 1.40 bits per heavy atom. The lowest BCUT2D eigenvalue weighted by molar-refractivity contribution is 0.552. The van der Waals surface area contributed by atoms with Crippen LogP contribution in [0, 0.1) is 11.7 Å². The topological polar surface area (TPSA) is 0 Å². The van der Waals surface area contributed by atoms with Gasteiger partial charge in [0.1, 0.15) is 5.82 Å². The zero-order valence-corrected chi connectivity index (χ0v) is 10.5. The zero-order valence-electron chi connectivity index (χ0n) is 8.88. The predicted molar refractivity (Wildman–Crippen MR) is 66.2 cm³/mol. The van der Waals surface area contributed by atoms with Gasteiger partial charge in [-0.1, -0.05) is 13.0 Å². The molecule has 15 heavy (non-hydrogen) atoms. The van der Waals surface area contributed by atoms with Gasteiger partial charge in [-0.25, -0.2) is 4.39 Å². The summed E-state index contributed by atoms with van der Waals surface area (Å²) in [5.41, 5.74) is 0. The number of halogens is 2. The highest BCUT2D eigenvalue weighted by molar-refractivity contribution is 7.99. The summed E-state index contributed by atoms with van der Waals surface area (Å²) in [5.74, 6) is 2.25. The molecule has 0 fully saturated rings. The maximum atomic E-state index is 12.8. The van der Waals surface area contributed by atoms with E-state index >= 15 is 0 Å². The molecule has 0 aromatic heterocycles. The van der Waals surface area contributed by atoms with Crippen molar-refractivity contribution in [2.24, 2.45) is 5.92 Å². The first kappa shape index (κ1) is 12.9. The van der Waals surface area contributed by atoms with Gasteiger partial charge >= 0.3 is 0 Å². The quantitative estimate of drug-likeness (QED) is 0.523. The molecule has 0 spiro atoms. The van der Waals surface area contributed by atoms with Crippen molar-refractivity contribution in [3.05, 3.63) is 30.1 Å². The second kappa shape index (κ2) is 7.13. The molecule has 0 bridgehead atoms. The maximum Gasteiger partial charge on any atom is 0.124 e. The second-order valence-electron chi connectivity index (χ2n) is 3.68. The van der Waals surface area contributed by atoms with E-state index in [0.717, 1.165) is 29.4 Å². The minimum atomic E-state index is -0.159. The Hall–Kier alpha value is -0.210. The molecule has 0 nitrogen and oxygen atoms in total. The van der Waals surface area contributed by atoms with Gasteiger partial charge < -0.3 is 0 Å². The molecule has 0 saturated carbocycles. The normalized spacial score (nSPS) is 12.7. The Morgan fingerprint density at radius 3 is 2.87 bits per heavy atom. The fourth-order valence-corrected chi connectivity index (χ4v) is 2.76. The molecule has 0 aliphatic rings. The Labute approximate surface area is 100 Å². The third-order valence-electron chi connectivity index (χ3n) is 2.28. The SMILES string of the molecule is CC(CCCl)CCSc1cccc(F)c1. The molecule has 1 aromatic rings. The van der Waals surface area contributed by atoms with Crippen LogP contribution in [0.25, 0.3) is 0 Å². The van der Waals surface area contributed by atoms with Crippen LogP contribution in [0.5, 0.6) is 0 Å². The molecule has 0 radical (unpaired) electrons. The van der Waals surface area contributed by atoms with E-state index in [1.165, 1.54) is 6.07 Å². The third kappa shape index (κ3) is 5.43. The summed E-state index contributed by atoms with van der Waals surface area (Å²) >= 11 is 7.36. The van der Waals surface area contributed by atoms with E-state index in [-0.39, 0.29) is 5.82 Å². The largest absolute Gasteiger partial charge is 0.207 e. The Morgan fingerprint density at radius 2 is 2.20 bits per heavy atom. The minimum Gasteiger partial charge on any atom is -0.207 e. The summed E-state index contributed by atoms with van der Waals surface area (Å²) in [7, 11) is 0. The van der Waals surface area contributed by atoms with Gasteiger partial charge in [0.2, 0.25) is 0 Å². The summed E-state index contributed by atoms with van der Waals surface area (Å²) in [6, 6.07) is 6.75. The first-order valence-electron chi connectivity index (χ1n) is 5.16. The summed E-state index contributed by atoms with van der Waals surface area (Å²) in [4.78, 5) is 1.01. The second-order valence-corrected chi connectivity index (χ2v) is 5.22. The zero-order chi connectivity index (χ0) is 11.1. The maximum absolute atomic E-state index is 12.8. The summed E-state index contributed by atoms with van der Waals surface area (Å²) in [5, 5.41) is 0. The van der Waals surface area contributed by atoms with Crippen molar-refractivity contribution in [1.82, 2.24) is 0 Å². The molecule has 0 heterocycles. The van der Waals surface area contributed by atoms with Crippen molar-refractivity contribution >= 4 is 23.4 Å². The van der Waals surface area contributed by atoms with Crippen LogP contribution < -0.4 is 0 Å². The third-order valence-corrected chi connectivity index (χ3v) is 3.52. The van der Waals surface area contributed by atoms with Crippen LogP contribution in [0.1, 0.15) is 19.8 Å². The highest BCUT2D eigenvalue weighted by Gasteiger charge is 2.02. The van der Waals surface area contributed by atoms with Gasteiger partial charge in [0.25, 0.3) is 0 Å². The fraction of sp³-hybridized carbons (Fsp3) is 0.500. The number of hydrogen-bond acceptors (Lipinski definition) is 1. The molecular formula is C12H16ClFS. The van der Waals surface area contributed by atoms with E-state index in [1.54, 1.807) is 23.9 Å². The van der Waals surface area contributed by atoms with Crippen LogP contribution in [0.2, 0.25) is 0 Å². The highest BCUT2D eigenvalue weighted by atomic mass is 35.5. The lowest BCUT2D eigenvalue weighted by Crippen LogP contribution is -1.97. The van der Waals surface area contributed by atoms with E-state index < -0.39 is 0 Å². The van der Waals surface area contributed by atoms with Crippen LogP contribution in [-0.4, -0.2) is 11.6 Å². The number of rotatable bonds is 6. The van der Waals surface area contributed by atoms with E-state index in [1.807, 2.05) is 6.07 Å². The molecule has 0 saturated heterocycles. The van der Waals surface area contributed by atoms with Crippen LogP contribution in [-0.2, 0) is 0 Å². The van der Waals surface area contributed by atoms with Crippen molar-refractivity contribution < 1.29 is 4.39 Å². The van der Waals surface area contributed by atoms with Gasteiger partial charge in [-0.2, -0.15) is 0 Å². The lowest BCUT2D eigenvalue weighted by atomic mass is 10.1. The van der Waals surface area contributed by atoms with E-state index in [9.17, 15) is 4.39 Å². The molecule has 1 unspecified atom stereocenters. The molecule has 1 atom stereocenters. The smallest absolute Gasteiger partial charge is 0.124 e. The summed E-state index contributed by atoms with van der Waals surface area (Å²) < 4.78 is 12.8. The number of hydrogen-bond donors (Lipinski definition) is 0. The van der Waals surface area contributed by atoms with Crippen LogP contribution in [0.4, 0.5) is 4.39 Å². The van der Waals surface area contributed by atoms with Gasteiger partial charge in [0.05, 0.1) is 0 Å². The summed E-state index contributed by atoms with van der Waals surface area (Å²) in [6.45, 7) is 2.20. The van der Waals surface area contributed by atoms with E-state index in [2.05, 4.69) is 6.92 Å². The first-order chi connectivity index (χ1) is 7.22. The minimum absolute atomic E-state index is 0.159. The molecule has 0 aliphatic carbocycles. The Balaban J connectivity index is 2.25.